The maximum atomic E-state index is 13.0. The van der Waals surface area contributed by atoms with Crippen molar-refractivity contribution in [1.29, 1.82) is 0 Å². The highest BCUT2D eigenvalue weighted by molar-refractivity contribution is 6.04. The van der Waals surface area contributed by atoms with Crippen LogP contribution < -0.4 is 10.2 Å². The summed E-state index contributed by atoms with van der Waals surface area (Å²) < 4.78 is 7.35. The number of likely N-dealkylation sites (N-methyl/N-ethyl adjacent to an activating group) is 1. The van der Waals surface area contributed by atoms with Gasteiger partial charge in [0.15, 0.2) is 0 Å². The lowest BCUT2D eigenvalue weighted by Crippen LogP contribution is -2.44. The van der Waals surface area contributed by atoms with Crippen LogP contribution in [-0.2, 0) is 16.1 Å². The second-order valence-electron chi connectivity index (χ2n) is 8.38. The Morgan fingerprint density at radius 2 is 2.06 bits per heavy atom. The van der Waals surface area contributed by atoms with Crippen LogP contribution in [0.2, 0.25) is 0 Å². The van der Waals surface area contributed by atoms with Gasteiger partial charge in [0, 0.05) is 45.2 Å². The first kappa shape index (κ1) is 21.3. The summed E-state index contributed by atoms with van der Waals surface area (Å²) in [4.78, 5) is 33.6. The largest absolute Gasteiger partial charge is 0.381 e. The molecule has 4 rings (SSSR count). The number of carbonyl (C=O) groups excluding carboxylic acids is 2. The second-order valence-corrected chi connectivity index (χ2v) is 8.38. The van der Waals surface area contributed by atoms with Gasteiger partial charge in [0.05, 0.1) is 30.0 Å². The van der Waals surface area contributed by atoms with Crippen LogP contribution in [0.5, 0.6) is 0 Å². The van der Waals surface area contributed by atoms with Gasteiger partial charge in [-0.1, -0.05) is 0 Å². The van der Waals surface area contributed by atoms with Crippen LogP contribution in [-0.4, -0.2) is 71.4 Å². The standard InChI is InChI=1S/C22H30N6O3/c1-15-10-16(2)28(25-15)7-6-26(3)22(30)18-11-19-21(23-12-18)24-13-20(29)27(19)14-17-4-8-31-9-5-17/h10-12,17H,4-9,13-14H2,1-3H3,(H,23,24). The van der Waals surface area contributed by atoms with Crippen molar-refractivity contribution in [2.45, 2.75) is 33.2 Å². The molecule has 2 aromatic rings. The Bertz CT molecular complexity index is 966. The van der Waals surface area contributed by atoms with Crippen molar-refractivity contribution >= 4 is 23.3 Å². The molecule has 31 heavy (non-hydrogen) atoms. The number of aryl methyl sites for hydroxylation is 2. The van der Waals surface area contributed by atoms with Crippen molar-refractivity contribution < 1.29 is 14.3 Å². The van der Waals surface area contributed by atoms with Gasteiger partial charge >= 0.3 is 0 Å². The van der Waals surface area contributed by atoms with E-state index >= 15 is 0 Å². The van der Waals surface area contributed by atoms with Gasteiger partial charge in [0.1, 0.15) is 5.82 Å². The van der Waals surface area contributed by atoms with Crippen molar-refractivity contribution in [1.82, 2.24) is 19.7 Å². The van der Waals surface area contributed by atoms with Crippen LogP contribution in [0.15, 0.2) is 18.3 Å². The minimum Gasteiger partial charge on any atom is -0.381 e. The van der Waals surface area contributed by atoms with Crippen molar-refractivity contribution in [3.8, 4) is 0 Å². The predicted molar refractivity (Wildman–Crippen MR) is 117 cm³/mol. The molecule has 0 saturated carbocycles. The summed E-state index contributed by atoms with van der Waals surface area (Å²) in [5.74, 6) is 0.920. The molecule has 2 amide bonds. The van der Waals surface area contributed by atoms with Crippen molar-refractivity contribution in [3.63, 3.8) is 0 Å². The van der Waals surface area contributed by atoms with Crippen LogP contribution in [0.3, 0.4) is 0 Å². The fraction of sp³-hybridized carbons (Fsp3) is 0.545. The van der Waals surface area contributed by atoms with Gasteiger partial charge in [-0.25, -0.2) is 4.98 Å². The normalized spacial score (nSPS) is 16.7. The van der Waals surface area contributed by atoms with Crippen LogP contribution in [0.25, 0.3) is 0 Å². The van der Waals surface area contributed by atoms with Crippen LogP contribution >= 0.6 is 0 Å². The molecule has 9 heteroatoms. The molecule has 1 fully saturated rings. The summed E-state index contributed by atoms with van der Waals surface area (Å²) in [6.07, 6.45) is 3.46. The maximum Gasteiger partial charge on any atom is 0.255 e. The van der Waals surface area contributed by atoms with Gasteiger partial charge in [0.25, 0.3) is 5.91 Å². The minimum atomic E-state index is -0.124. The lowest BCUT2D eigenvalue weighted by atomic mass is 9.99. The smallest absolute Gasteiger partial charge is 0.255 e. The summed E-state index contributed by atoms with van der Waals surface area (Å²) >= 11 is 0. The monoisotopic (exact) mass is 426 g/mol. The topological polar surface area (TPSA) is 92.6 Å². The number of ether oxygens (including phenoxy) is 1. The molecule has 2 aromatic heterocycles. The molecular formula is C22H30N6O3. The van der Waals surface area contributed by atoms with E-state index in [0.29, 0.717) is 42.6 Å². The molecule has 0 spiro atoms. The number of hydrogen-bond acceptors (Lipinski definition) is 6. The Morgan fingerprint density at radius 1 is 1.29 bits per heavy atom. The Kier molecular flexibility index (Phi) is 6.22. The predicted octanol–water partition coefficient (Wildman–Crippen LogP) is 1.85. The van der Waals surface area contributed by atoms with Crippen molar-refractivity contribution in [2.75, 3.05) is 50.1 Å². The number of rotatable bonds is 6. The lowest BCUT2D eigenvalue weighted by Gasteiger charge is -2.34. The Balaban J connectivity index is 1.48. The first-order chi connectivity index (χ1) is 14.9. The number of anilines is 2. The molecule has 0 atom stereocenters. The molecule has 2 aliphatic rings. The zero-order valence-electron chi connectivity index (χ0n) is 18.4. The van der Waals surface area contributed by atoms with E-state index in [2.05, 4.69) is 15.4 Å². The zero-order valence-corrected chi connectivity index (χ0v) is 18.4. The molecule has 9 nitrogen and oxygen atoms in total. The van der Waals surface area contributed by atoms with Gasteiger partial charge in [-0.05, 0) is 44.7 Å². The van der Waals surface area contributed by atoms with E-state index in [9.17, 15) is 9.59 Å². The first-order valence-electron chi connectivity index (χ1n) is 10.8. The third kappa shape index (κ3) is 4.71. The zero-order chi connectivity index (χ0) is 22.0. The highest BCUT2D eigenvalue weighted by Crippen LogP contribution is 2.31. The SMILES string of the molecule is Cc1cc(C)n(CCN(C)C(=O)c2cnc3c(c2)N(CC2CCOCC2)C(=O)CN3)n1. The number of carbonyl (C=O) groups is 2. The summed E-state index contributed by atoms with van der Waals surface area (Å²) in [7, 11) is 1.77. The molecule has 166 valence electrons. The Labute approximate surface area is 182 Å². The van der Waals surface area contributed by atoms with E-state index in [1.165, 1.54) is 0 Å². The first-order valence-corrected chi connectivity index (χ1v) is 10.8. The number of hydrogen-bond donors (Lipinski definition) is 1. The van der Waals surface area contributed by atoms with E-state index in [4.69, 9.17) is 4.74 Å². The Morgan fingerprint density at radius 3 is 2.77 bits per heavy atom. The lowest BCUT2D eigenvalue weighted by molar-refractivity contribution is -0.117. The third-order valence-corrected chi connectivity index (χ3v) is 5.99. The van der Waals surface area contributed by atoms with Crippen molar-refractivity contribution in [3.05, 3.63) is 35.3 Å². The minimum absolute atomic E-state index is 0.00303. The average molecular weight is 427 g/mol. The average Bonchev–Trinajstić information content (AvgIpc) is 3.10. The molecular weight excluding hydrogens is 396 g/mol. The van der Waals surface area contributed by atoms with Crippen LogP contribution in [0.1, 0.15) is 34.6 Å². The number of aromatic nitrogens is 3. The number of nitrogens with one attached hydrogen (secondary N) is 1. The molecule has 0 aliphatic carbocycles. The summed E-state index contributed by atoms with van der Waals surface area (Å²) in [6.45, 7) is 7.42. The van der Waals surface area contributed by atoms with Gasteiger partial charge in [-0.2, -0.15) is 5.10 Å². The number of amides is 2. The summed E-state index contributed by atoms with van der Waals surface area (Å²) in [5.41, 5.74) is 3.19. The number of fused-ring (bicyclic) bond motifs is 1. The highest BCUT2D eigenvalue weighted by Gasteiger charge is 2.29. The second kappa shape index (κ2) is 9.05. The van der Waals surface area contributed by atoms with E-state index in [1.807, 2.05) is 24.6 Å². The number of nitrogens with zero attached hydrogens (tertiary/aromatic N) is 5. The van der Waals surface area contributed by atoms with E-state index in [1.54, 1.807) is 29.1 Å². The van der Waals surface area contributed by atoms with Gasteiger partial charge < -0.3 is 19.9 Å². The molecule has 0 radical (unpaired) electrons. The fourth-order valence-corrected chi connectivity index (χ4v) is 4.16. The molecule has 0 aromatic carbocycles. The van der Waals surface area contributed by atoms with E-state index in [-0.39, 0.29) is 18.4 Å². The molecule has 2 aliphatic heterocycles. The molecule has 4 heterocycles. The van der Waals surface area contributed by atoms with Gasteiger partial charge in [0.2, 0.25) is 5.91 Å². The molecule has 0 bridgehead atoms. The molecule has 1 saturated heterocycles. The maximum absolute atomic E-state index is 13.0. The van der Waals surface area contributed by atoms with Gasteiger partial charge in [-0.3, -0.25) is 14.3 Å². The summed E-state index contributed by atoms with van der Waals surface area (Å²) in [5, 5.41) is 7.52. The molecule has 1 N–H and O–H groups in total. The van der Waals surface area contributed by atoms with E-state index in [0.717, 1.165) is 37.4 Å². The van der Waals surface area contributed by atoms with Crippen molar-refractivity contribution in [2.24, 2.45) is 5.92 Å². The summed E-state index contributed by atoms with van der Waals surface area (Å²) in [6, 6.07) is 3.81. The number of pyridine rings is 1. The fourth-order valence-electron chi connectivity index (χ4n) is 4.16. The molecule has 0 unspecified atom stereocenters. The van der Waals surface area contributed by atoms with Crippen LogP contribution in [0.4, 0.5) is 11.5 Å². The highest BCUT2D eigenvalue weighted by atomic mass is 16.5. The van der Waals surface area contributed by atoms with E-state index < -0.39 is 0 Å². The van der Waals surface area contributed by atoms with Gasteiger partial charge in [-0.15, -0.1) is 0 Å². The quantitative estimate of drug-likeness (QED) is 0.758. The van der Waals surface area contributed by atoms with Crippen LogP contribution in [0, 0.1) is 19.8 Å². The Hall–Kier alpha value is -2.94. The third-order valence-electron chi connectivity index (χ3n) is 5.99.